The van der Waals surface area contributed by atoms with E-state index in [1.165, 1.54) is 37.3 Å². The van der Waals surface area contributed by atoms with Crippen LogP contribution in [-0.4, -0.2) is 23.7 Å². The number of ether oxygens (including phenoxy) is 1. The third-order valence-electron chi connectivity index (χ3n) is 3.58. The van der Waals surface area contributed by atoms with Gasteiger partial charge in [0.25, 0.3) is 5.91 Å². The van der Waals surface area contributed by atoms with Gasteiger partial charge in [-0.2, -0.15) is 0 Å². The minimum absolute atomic E-state index is 0.0867. The molecule has 2 amide bonds. The lowest BCUT2D eigenvalue weighted by molar-refractivity contribution is -0.132. The highest BCUT2D eigenvalue weighted by molar-refractivity contribution is 5.98. The largest absolute Gasteiger partial charge is 0.478 e. The summed E-state index contributed by atoms with van der Waals surface area (Å²) in [6.45, 7) is 1.39. The molecule has 6 nitrogen and oxygen atoms in total. The van der Waals surface area contributed by atoms with Gasteiger partial charge in [0.15, 0.2) is 23.5 Å². The van der Waals surface area contributed by atoms with Crippen molar-refractivity contribution in [2.24, 2.45) is 0 Å². The molecule has 27 heavy (non-hydrogen) atoms. The van der Waals surface area contributed by atoms with Gasteiger partial charge in [-0.05, 0) is 43.3 Å². The minimum atomic E-state index is -1.05. The highest BCUT2D eigenvalue weighted by Gasteiger charge is 2.17. The molecule has 2 aromatic rings. The Morgan fingerprint density at radius 3 is 2.30 bits per heavy atom. The number of carbonyl (C=O) groups excluding carboxylic acids is 3. The number of hydrazine groups is 1. The SMILES string of the molecule is CC(Oc1ccccc1F)C(=O)NNC(=O)CCC(=O)c1ccc(F)cc1. The van der Waals surface area contributed by atoms with Crippen LogP contribution in [0.15, 0.2) is 48.5 Å². The van der Waals surface area contributed by atoms with Crippen LogP contribution in [0.4, 0.5) is 8.78 Å². The average Bonchev–Trinajstić information content (AvgIpc) is 2.66. The zero-order valence-corrected chi connectivity index (χ0v) is 14.5. The van der Waals surface area contributed by atoms with Gasteiger partial charge in [0.2, 0.25) is 5.91 Å². The van der Waals surface area contributed by atoms with E-state index < -0.39 is 29.6 Å². The van der Waals surface area contributed by atoms with Crippen LogP contribution in [0.2, 0.25) is 0 Å². The second-order valence-electron chi connectivity index (χ2n) is 5.66. The number of ketones is 1. The molecule has 1 unspecified atom stereocenters. The quantitative estimate of drug-likeness (QED) is 0.575. The van der Waals surface area contributed by atoms with Crippen molar-refractivity contribution in [3.05, 3.63) is 65.7 Å². The van der Waals surface area contributed by atoms with Crippen molar-refractivity contribution in [3.63, 3.8) is 0 Å². The zero-order valence-electron chi connectivity index (χ0n) is 14.5. The summed E-state index contributed by atoms with van der Waals surface area (Å²) < 4.78 is 31.5. The van der Waals surface area contributed by atoms with Crippen LogP contribution in [0.3, 0.4) is 0 Å². The van der Waals surface area contributed by atoms with Crippen LogP contribution in [0.5, 0.6) is 5.75 Å². The van der Waals surface area contributed by atoms with E-state index in [9.17, 15) is 23.2 Å². The molecule has 2 N–H and O–H groups in total. The fourth-order valence-electron chi connectivity index (χ4n) is 2.09. The summed E-state index contributed by atoms with van der Waals surface area (Å²) in [6, 6.07) is 10.6. The molecule has 0 aliphatic heterocycles. The van der Waals surface area contributed by atoms with Crippen LogP contribution in [0.1, 0.15) is 30.1 Å². The first kappa shape index (κ1) is 20.0. The molecular formula is C19H18F2N2O4. The van der Waals surface area contributed by atoms with Crippen molar-refractivity contribution >= 4 is 17.6 Å². The van der Waals surface area contributed by atoms with Crippen molar-refractivity contribution in [2.45, 2.75) is 25.9 Å². The summed E-state index contributed by atoms with van der Waals surface area (Å²) in [5, 5.41) is 0. The Hall–Kier alpha value is -3.29. The van der Waals surface area contributed by atoms with Gasteiger partial charge in [0, 0.05) is 18.4 Å². The van der Waals surface area contributed by atoms with Gasteiger partial charge in [0.1, 0.15) is 5.82 Å². The number of Topliss-reactive ketones (excluding diaryl/α,β-unsaturated/α-hetero) is 1. The van der Waals surface area contributed by atoms with E-state index in [2.05, 4.69) is 10.9 Å². The van der Waals surface area contributed by atoms with Crippen molar-refractivity contribution in [1.29, 1.82) is 0 Å². The number of amides is 2. The molecule has 142 valence electrons. The van der Waals surface area contributed by atoms with Crippen LogP contribution in [-0.2, 0) is 9.59 Å². The Kier molecular flexibility index (Phi) is 6.99. The third kappa shape index (κ3) is 6.18. The lowest BCUT2D eigenvalue weighted by Gasteiger charge is -2.15. The van der Waals surface area contributed by atoms with Gasteiger partial charge in [0.05, 0.1) is 0 Å². The lowest BCUT2D eigenvalue weighted by Crippen LogP contribution is -2.47. The van der Waals surface area contributed by atoms with Gasteiger partial charge in [-0.1, -0.05) is 12.1 Å². The summed E-state index contributed by atoms with van der Waals surface area (Å²) in [6.07, 6.45) is -1.32. The molecule has 0 fully saturated rings. The first-order valence-electron chi connectivity index (χ1n) is 8.15. The normalized spacial score (nSPS) is 11.4. The van der Waals surface area contributed by atoms with E-state index in [0.717, 1.165) is 12.1 Å². The molecular weight excluding hydrogens is 358 g/mol. The summed E-state index contributed by atoms with van der Waals surface area (Å²) in [7, 11) is 0. The molecule has 8 heteroatoms. The molecule has 0 heterocycles. The number of nitrogens with one attached hydrogen (secondary N) is 2. The maximum atomic E-state index is 13.5. The Morgan fingerprint density at radius 1 is 0.963 bits per heavy atom. The Bertz CT molecular complexity index is 825. The predicted molar refractivity (Wildman–Crippen MR) is 92.7 cm³/mol. The van der Waals surface area contributed by atoms with Gasteiger partial charge in [-0.25, -0.2) is 8.78 Å². The van der Waals surface area contributed by atoms with Crippen LogP contribution < -0.4 is 15.6 Å². The molecule has 0 spiro atoms. The van der Waals surface area contributed by atoms with Crippen molar-refractivity contribution in [2.75, 3.05) is 0 Å². The molecule has 0 aliphatic rings. The van der Waals surface area contributed by atoms with Gasteiger partial charge in [-0.15, -0.1) is 0 Å². The Balaban J connectivity index is 1.74. The van der Waals surface area contributed by atoms with E-state index in [4.69, 9.17) is 4.74 Å². The fourth-order valence-corrected chi connectivity index (χ4v) is 2.09. The first-order valence-corrected chi connectivity index (χ1v) is 8.15. The summed E-state index contributed by atoms with van der Waals surface area (Å²) in [5.41, 5.74) is 4.59. The van der Waals surface area contributed by atoms with Crippen molar-refractivity contribution in [3.8, 4) is 5.75 Å². The Morgan fingerprint density at radius 2 is 1.63 bits per heavy atom. The second kappa shape index (κ2) is 9.42. The van der Waals surface area contributed by atoms with E-state index in [-0.39, 0.29) is 24.4 Å². The maximum absolute atomic E-state index is 13.5. The zero-order chi connectivity index (χ0) is 19.8. The highest BCUT2D eigenvalue weighted by atomic mass is 19.1. The van der Waals surface area contributed by atoms with Crippen molar-refractivity contribution < 1.29 is 27.9 Å². The predicted octanol–water partition coefficient (Wildman–Crippen LogP) is 2.54. The summed E-state index contributed by atoms with van der Waals surface area (Å²) in [4.78, 5) is 35.5. The van der Waals surface area contributed by atoms with E-state index in [1.54, 1.807) is 6.07 Å². The summed E-state index contributed by atoms with van der Waals surface area (Å²) in [5.74, 6) is -2.75. The molecule has 0 radical (unpaired) electrons. The molecule has 2 aromatic carbocycles. The highest BCUT2D eigenvalue weighted by Crippen LogP contribution is 2.16. The van der Waals surface area contributed by atoms with E-state index in [1.807, 2.05) is 0 Å². The number of para-hydroxylation sites is 1. The third-order valence-corrected chi connectivity index (χ3v) is 3.58. The number of hydrogen-bond donors (Lipinski definition) is 2. The molecule has 0 aliphatic carbocycles. The average molecular weight is 376 g/mol. The van der Waals surface area contributed by atoms with Crippen LogP contribution in [0.25, 0.3) is 0 Å². The summed E-state index contributed by atoms with van der Waals surface area (Å²) >= 11 is 0. The molecule has 1 atom stereocenters. The first-order chi connectivity index (χ1) is 12.9. The van der Waals surface area contributed by atoms with Gasteiger partial charge < -0.3 is 4.74 Å². The van der Waals surface area contributed by atoms with E-state index in [0.29, 0.717) is 5.56 Å². The fraction of sp³-hybridized carbons (Fsp3) is 0.211. The second-order valence-corrected chi connectivity index (χ2v) is 5.66. The van der Waals surface area contributed by atoms with E-state index >= 15 is 0 Å². The Labute approximate surface area is 154 Å². The number of hydrogen-bond acceptors (Lipinski definition) is 4. The number of carbonyl (C=O) groups is 3. The van der Waals surface area contributed by atoms with Gasteiger partial charge in [-0.3, -0.25) is 25.2 Å². The topological polar surface area (TPSA) is 84.5 Å². The maximum Gasteiger partial charge on any atom is 0.279 e. The number of benzene rings is 2. The van der Waals surface area contributed by atoms with Crippen LogP contribution >= 0.6 is 0 Å². The lowest BCUT2D eigenvalue weighted by atomic mass is 10.1. The smallest absolute Gasteiger partial charge is 0.279 e. The van der Waals surface area contributed by atoms with Crippen LogP contribution in [0, 0.1) is 11.6 Å². The molecule has 0 aromatic heterocycles. The number of halogens is 2. The standard InChI is InChI=1S/C19H18F2N2O4/c1-12(27-17-5-3-2-4-15(17)21)19(26)23-22-18(25)11-10-16(24)13-6-8-14(20)9-7-13/h2-9,12H,10-11H2,1H3,(H,22,25)(H,23,26). The molecule has 0 saturated carbocycles. The molecule has 2 rings (SSSR count). The molecule has 0 saturated heterocycles. The molecule has 0 bridgehead atoms. The number of rotatable bonds is 7. The minimum Gasteiger partial charge on any atom is -0.478 e. The van der Waals surface area contributed by atoms with Crippen molar-refractivity contribution in [1.82, 2.24) is 10.9 Å². The van der Waals surface area contributed by atoms with Gasteiger partial charge >= 0.3 is 0 Å². The monoisotopic (exact) mass is 376 g/mol.